The standard InChI is InChI=1S/C9H5FO3/c10-5-1-2-6-7(9(11)12)4-13-8(6)3-5/h1-4H,(H,11,12). The molecule has 0 spiro atoms. The van der Waals surface area contributed by atoms with Crippen LogP contribution in [-0.2, 0) is 0 Å². The van der Waals surface area contributed by atoms with E-state index in [0.717, 1.165) is 12.3 Å². The van der Waals surface area contributed by atoms with Gasteiger partial charge in [0.25, 0.3) is 0 Å². The molecule has 1 aromatic carbocycles. The zero-order valence-corrected chi connectivity index (χ0v) is 6.45. The summed E-state index contributed by atoms with van der Waals surface area (Å²) in [6.07, 6.45) is 1.10. The van der Waals surface area contributed by atoms with E-state index < -0.39 is 11.8 Å². The van der Waals surface area contributed by atoms with E-state index in [-0.39, 0.29) is 11.1 Å². The maximum Gasteiger partial charge on any atom is 0.339 e. The zero-order valence-electron chi connectivity index (χ0n) is 6.45. The van der Waals surface area contributed by atoms with Crippen molar-refractivity contribution in [2.75, 3.05) is 0 Å². The molecule has 13 heavy (non-hydrogen) atoms. The molecule has 3 nitrogen and oxygen atoms in total. The average Bonchev–Trinajstić information content (AvgIpc) is 2.46. The first-order valence-corrected chi connectivity index (χ1v) is 3.58. The highest BCUT2D eigenvalue weighted by molar-refractivity contribution is 6.02. The van der Waals surface area contributed by atoms with Crippen molar-refractivity contribution in [3.05, 3.63) is 35.8 Å². The van der Waals surface area contributed by atoms with E-state index in [4.69, 9.17) is 9.52 Å². The molecule has 0 aliphatic carbocycles. The number of rotatable bonds is 1. The molecule has 66 valence electrons. The molecule has 0 atom stereocenters. The van der Waals surface area contributed by atoms with E-state index in [1.54, 1.807) is 0 Å². The highest BCUT2D eigenvalue weighted by atomic mass is 19.1. The van der Waals surface area contributed by atoms with Crippen LogP contribution in [0.5, 0.6) is 0 Å². The van der Waals surface area contributed by atoms with Crippen LogP contribution in [0, 0.1) is 5.82 Å². The van der Waals surface area contributed by atoms with Gasteiger partial charge in [0.15, 0.2) is 0 Å². The summed E-state index contributed by atoms with van der Waals surface area (Å²) in [5.41, 5.74) is 0.299. The molecular weight excluding hydrogens is 175 g/mol. The number of carboxylic acids is 1. The quantitative estimate of drug-likeness (QED) is 0.732. The van der Waals surface area contributed by atoms with Crippen molar-refractivity contribution >= 4 is 16.9 Å². The summed E-state index contributed by atoms with van der Waals surface area (Å²) in [5, 5.41) is 9.10. The van der Waals surface area contributed by atoms with Gasteiger partial charge in [0.05, 0.1) is 0 Å². The van der Waals surface area contributed by atoms with Gasteiger partial charge >= 0.3 is 5.97 Å². The van der Waals surface area contributed by atoms with E-state index in [2.05, 4.69) is 0 Å². The predicted octanol–water partition coefficient (Wildman–Crippen LogP) is 2.27. The number of benzene rings is 1. The fraction of sp³-hybridized carbons (Fsp3) is 0. The van der Waals surface area contributed by atoms with Gasteiger partial charge in [-0.25, -0.2) is 9.18 Å². The minimum atomic E-state index is -1.08. The van der Waals surface area contributed by atoms with Gasteiger partial charge in [0.1, 0.15) is 23.2 Å². The predicted molar refractivity (Wildman–Crippen MR) is 43.1 cm³/mol. The second kappa shape index (κ2) is 2.58. The first-order valence-electron chi connectivity index (χ1n) is 3.58. The van der Waals surface area contributed by atoms with Gasteiger partial charge in [-0.05, 0) is 12.1 Å². The maximum absolute atomic E-state index is 12.6. The largest absolute Gasteiger partial charge is 0.478 e. The Bertz CT molecular complexity index is 473. The van der Waals surface area contributed by atoms with Crippen molar-refractivity contribution in [3.63, 3.8) is 0 Å². The lowest BCUT2D eigenvalue weighted by molar-refractivity contribution is 0.0698. The smallest absolute Gasteiger partial charge is 0.339 e. The molecule has 1 N–H and O–H groups in total. The van der Waals surface area contributed by atoms with Crippen molar-refractivity contribution in [1.82, 2.24) is 0 Å². The molecule has 4 heteroatoms. The highest BCUT2D eigenvalue weighted by Gasteiger charge is 2.12. The average molecular weight is 180 g/mol. The van der Waals surface area contributed by atoms with Crippen molar-refractivity contribution in [1.29, 1.82) is 0 Å². The van der Waals surface area contributed by atoms with Gasteiger partial charge in [0, 0.05) is 11.5 Å². The SMILES string of the molecule is O=C(O)c1coc2cc(F)ccc12. The van der Waals surface area contributed by atoms with E-state index in [1.807, 2.05) is 0 Å². The lowest BCUT2D eigenvalue weighted by Gasteiger charge is -1.89. The number of hydrogen-bond donors (Lipinski definition) is 1. The third kappa shape index (κ3) is 1.16. The van der Waals surface area contributed by atoms with Crippen LogP contribution < -0.4 is 0 Å². The summed E-state index contributed by atoms with van der Waals surface area (Å²) < 4.78 is 17.5. The molecule has 1 heterocycles. The van der Waals surface area contributed by atoms with Crippen molar-refractivity contribution in [2.24, 2.45) is 0 Å². The summed E-state index contributed by atoms with van der Waals surface area (Å²) in [6, 6.07) is 3.74. The summed E-state index contributed by atoms with van der Waals surface area (Å²) in [6.45, 7) is 0. The zero-order chi connectivity index (χ0) is 9.42. The summed E-state index contributed by atoms with van der Waals surface area (Å²) in [4.78, 5) is 10.6. The summed E-state index contributed by atoms with van der Waals surface area (Å²) in [5.74, 6) is -1.52. The fourth-order valence-corrected chi connectivity index (χ4v) is 1.17. The Labute approximate surface area is 72.4 Å². The molecule has 0 saturated carbocycles. The Morgan fingerprint density at radius 2 is 2.23 bits per heavy atom. The van der Waals surface area contributed by atoms with Crippen molar-refractivity contribution in [2.45, 2.75) is 0 Å². The molecule has 0 bridgehead atoms. The maximum atomic E-state index is 12.6. The molecule has 0 unspecified atom stereocenters. The topological polar surface area (TPSA) is 50.4 Å². The minimum Gasteiger partial charge on any atom is -0.478 e. The van der Waals surface area contributed by atoms with Gasteiger partial charge in [-0.2, -0.15) is 0 Å². The number of halogens is 1. The van der Waals surface area contributed by atoms with E-state index in [1.165, 1.54) is 12.1 Å². The first-order chi connectivity index (χ1) is 6.18. The number of carboxylic acid groups (broad SMARTS) is 1. The number of aromatic carboxylic acids is 1. The number of carbonyl (C=O) groups is 1. The van der Waals surface area contributed by atoms with E-state index >= 15 is 0 Å². The van der Waals surface area contributed by atoms with Crippen LogP contribution in [0.2, 0.25) is 0 Å². The van der Waals surface area contributed by atoms with Crippen molar-refractivity contribution in [3.8, 4) is 0 Å². The fourth-order valence-electron chi connectivity index (χ4n) is 1.17. The second-order valence-corrected chi connectivity index (χ2v) is 2.60. The molecule has 1 aromatic heterocycles. The lowest BCUT2D eigenvalue weighted by Crippen LogP contribution is -1.93. The van der Waals surface area contributed by atoms with Crippen LogP contribution in [0.15, 0.2) is 28.9 Å². The normalized spacial score (nSPS) is 10.5. The Morgan fingerprint density at radius 1 is 1.46 bits per heavy atom. The third-order valence-electron chi connectivity index (χ3n) is 1.77. The molecule has 0 radical (unpaired) electrons. The molecule has 0 aliphatic heterocycles. The molecule has 0 fully saturated rings. The van der Waals surface area contributed by atoms with Crippen LogP contribution in [0.1, 0.15) is 10.4 Å². The van der Waals surface area contributed by atoms with Crippen LogP contribution in [0.25, 0.3) is 11.0 Å². The Balaban J connectivity index is 2.76. The van der Waals surface area contributed by atoms with Crippen molar-refractivity contribution < 1.29 is 18.7 Å². The number of hydrogen-bond acceptors (Lipinski definition) is 2. The third-order valence-corrected chi connectivity index (χ3v) is 1.77. The van der Waals surface area contributed by atoms with Crippen LogP contribution in [0.3, 0.4) is 0 Å². The van der Waals surface area contributed by atoms with E-state index in [9.17, 15) is 9.18 Å². The van der Waals surface area contributed by atoms with Gasteiger partial charge in [-0.3, -0.25) is 0 Å². The monoisotopic (exact) mass is 180 g/mol. The Kier molecular flexibility index (Phi) is 1.55. The molecule has 0 saturated heterocycles. The number of furan rings is 1. The molecule has 0 amide bonds. The summed E-state index contributed by atoms with van der Waals surface area (Å²) >= 11 is 0. The lowest BCUT2D eigenvalue weighted by atomic mass is 10.2. The van der Waals surface area contributed by atoms with Crippen LogP contribution in [-0.4, -0.2) is 11.1 Å². The van der Waals surface area contributed by atoms with Crippen LogP contribution >= 0.6 is 0 Å². The molecular formula is C9H5FO3. The minimum absolute atomic E-state index is 0.0509. The molecule has 0 aliphatic rings. The Morgan fingerprint density at radius 3 is 2.92 bits per heavy atom. The number of fused-ring (bicyclic) bond motifs is 1. The highest BCUT2D eigenvalue weighted by Crippen LogP contribution is 2.21. The van der Waals surface area contributed by atoms with E-state index in [0.29, 0.717) is 5.39 Å². The summed E-state index contributed by atoms with van der Waals surface area (Å²) in [7, 11) is 0. The first kappa shape index (κ1) is 7.79. The van der Waals surface area contributed by atoms with Gasteiger partial charge < -0.3 is 9.52 Å². The second-order valence-electron chi connectivity index (χ2n) is 2.60. The van der Waals surface area contributed by atoms with Gasteiger partial charge in [-0.15, -0.1) is 0 Å². The molecule has 2 rings (SSSR count). The molecule has 2 aromatic rings. The van der Waals surface area contributed by atoms with Gasteiger partial charge in [0.2, 0.25) is 0 Å². The Hall–Kier alpha value is -1.84. The van der Waals surface area contributed by atoms with Crippen LogP contribution in [0.4, 0.5) is 4.39 Å². The van der Waals surface area contributed by atoms with Gasteiger partial charge in [-0.1, -0.05) is 0 Å².